The maximum atomic E-state index is 12.4. The molecule has 0 aliphatic carbocycles. The average molecular weight is 331 g/mol. The molecule has 0 saturated heterocycles. The SMILES string of the molecule is CCCC[C@H](CN(O)C=O)C(=O)N[C@H](C(=O)N(C)C)C(C)(C)O. The van der Waals surface area contributed by atoms with Crippen LogP contribution in [0.25, 0.3) is 0 Å². The minimum Gasteiger partial charge on any atom is -0.388 e. The average Bonchev–Trinajstić information content (AvgIpc) is 2.46. The highest BCUT2D eigenvalue weighted by Crippen LogP contribution is 2.15. The van der Waals surface area contributed by atoms with Gasteiger partial charge in [-0.1, -0.05) is 19.8 Å². The van der Waals surface area contributed by atoms with Gasteiger partial charge < -0.3 is 15.3 Å². The van der Waals surface area contributed by atoms with Crippen molar-refractivity contribution in [3.8, 4) is 0 Å². The fourth-order valence-corrected chi connectivity index (χ4v) is 2.08. The van der Waals surface area contributed by atoms with Gasteiger partial charge in [0.05, 0.1) is 18.1 Å². The normalized spacial score (nSPS) is 13.9. The Morgan fingerprint density at radius 3 is 2.26 bits per heavy atom. The lowest BCUT2D eigenvalue weighted by Crippen LogP contribution is -2.58. The first-order valence-corrected chi connectivity index (χ1v) is 7.69. The number of aliphatic hydroxyl groups is 1. The second kappa shape index (κ2) is 9.46. The number of hydrogen-bond acceptors (Lipinski definition) is 5. The fourth-order valence-electron chi connectivity index (χ4n) is 2.08. The summed E-state index contributed by atoms with van der Waals surface area (Å²) in [6.45, 7) is 4.67. The van der Waals surface area contributed by atoms with E-state index < -0.39 is 29.4 Å². The van der Waals surface area contributed by atoms with Crippen molar-refractivity contribution in [3.05, 3.63) is 0 Å². The number of hydroxylamine groups is 2. The minimum atomic E-state index is -1.45. The number of carbonyl (C=O) groups is 3. The van der Waals surface area contributed by atoms with Crippen LogP contribution in [-0.4, -0.2) is 70.8 Å². The fraction of sp³-hybridized carbons (Fsp3) is 0.800. The molecule has 8 heteroatoms. The Labute approximate surface area is 137 Å². The quantitative estimate of drug-likeness (QED) is 0.296. The summed E-state index contributed by atoms with van der Waals surface area (Å²) in [6.07, 6.45) is 2.27. The van der Waals surface area contributed by atoms with E-state index in [1.165, 1.54) is 32.8 Å². The van der Waals surface area contributed by atoms with Crippen LogP contribution in [0, 0.1) is 5.92 Å². The molecule has 0 rings (SSSR count). The summed E-state index contributed by atoms with van der Waals surface area (Å²) < 4.78 is 0. The molecule has 134 valence electrons. The third kappa shape index (κ3) is 7.43. The molecule has 23 heavy (non-hydrogen) atoms. The third-order valence-corrected chi connectivity index (χ3v) is 3.49. The maximum absolute atomic E-state index is 12.4. The van der Waals surface area contributed by atoms with Crippen molar-refractivity contribution in [2.45, 2.75) is 51.7 Å². The van der Waals surface area contributed by atoms with Gasteiger partial charge in [0.2, 0.25) is 18.2 Å². The summed E-state index contributed by atoms with van der Waals surface area (Å²) in [7, 11) is 3.06. The van der Waals surface area contributed by atoms with E-state index in [1.54, 1.807) is 0 Å². The van der Waals surface area contributed by atoms with Crippen LogP contribution in [0.3, 0.4) is 0 Å². The number of nitrogens with one attached hydrogen (secondary N) is 1. The van der Waals surface area contributed by atoms with Crippen molar-refractivity contribution in [1.82, 2.24) is 15.3 Å². The summed E-state index contributed by atoms with van der Waals surface area (Å²) in [5.74, 6) is -1.58. The topological polar surface area (TPSA) is 110 Å². The van der Waals surface area contributed by atoms with Crippen LogP contribution in [0.1, 0.15) is 40.0 Å². The van der Waals surface area contributed by atoms with Crippen LogP contribution in [0.4, 0.5) is 0 Å². The molecule has 0 spiro atoms. The van der Waals surface area contributed by atoms with Gasteiger partial charge in [-0.2, -0.15) is 0 Å². The molecular formula is C15H29N3O5. The van der Waals surface area contributed by atoms with Gasteiger partial charge >= 0.3 is 0 Å². The maximum Gasteiger partial charge on any atom is 0.247 e. The van der Waals surface area contributed by atoms with Crippen LogP contribution in [0.2, 0.25) is 0 Å². The van der Waals surface area contributed by atoms with E-state index in [-0.39, 0.29) is 13.0 Å². The molecule has 0 aromatic rings. The molecule has 0 bridgehead atoms. The zero-order chi connectivity index (χ0) is 18.2. The summed E-state index contributed by atoms with van der Waals surface area (Å²) in [5.41, 5.74) is -1.45. The van der Waals surface area contributed by atoms with Crippen molar-refractivity contribution in [3.63, 3.8) is 0 Å². The first-order valence-electron chi connectivity index (χ1n) is 7.69. The number of rotatable bonds is 10. The van der Waals surface area contributed by atoms with Gasteiger partial charge in [-0.3, -0.25) is 19.6 Å². The molecule has 3 N–H and O–H groups in total. The Bertz CT molecular complexity index is 406. The first kappa shape index (κ1) is 21.3. The standard InChI is InChI=1S/C15H29N3O5/c1-6-7-8-11(9-18(23)10-19)13(20)16-12(15(2,3)22)14(21)17(4)5/h10-12,22-23H,6-9H2,1-5H3,(H,16,20)/t11-,12-/m1/s1. The lowest BCUT2D eigenvalue weighted by molar-refractivity contribution is -0.156. The summed E-state index contributed by atoms with van der Waals surface area (Å²) in [4.78, 5) is 36.5. The Morgan fingerprint density at radius 1 is 1.30 bits per heavy atom. The molecular weight excluding hydrogens is 302 g/mol. The predicted octanol–water partition coefficient (Wildman–Crippen LogP) is -0.0157. The molecule has 8 nitrogen and oxygen atoms in total. The van der Waals surface area contributed by atoms with E-state index in [0.29, 0.717) is 11.5 Å². The second-order valence-electron chi connectivity index (χ2n) is 6.39. The number of unbranched alkanes of at least 4 members (excludes halogenated alkanes) is 1. The Morgan fingerprint density at radius 2 is 1.87 bits per heavy atom. The smallest absolute Gasteiger partial charge is 0.247 e. The minimum absolute atomic E-state index is 0.163. The van der Waals surface area contributed by atoms with Crippen molar-refractivity contribution < 1.29 is 24.7 Å². The highest BCUT2D eigenvalue weighted by atomic mass is 16.5. The number of amides is 3. The van der Waals surface area contributed by atoms with Gasteiger partial charge in [0.1, 0.15) is 6.04 Å². The first-order chi connectivity index (χ1) is 10.5. The molecule has 0 aliphatic rings. The molecule has 0 fully saturated rings. The van der Waals surface area contributed by atoms with E-state index in [4.69, 9.17) is 0 Å². The second-order valence-corrected chi connectivity index (χ2v) is 6.39. The van der Waals surface area contributed by atoms with Crippen molar-refractivity contribution >= 4 is 18.2 Å². The Hall–Kier alpha value is -1.67. The number of nitrogens with zero attached hydrogens (tertiary/aromatic N) is 2. The van der Waals surface area contributed by atoms with Crippen molar-refractivity contribution in [1.29, 1.82) is 0 Å². The molecule has 0 unspecified atom stereocenters. The molecule has 0 saturated carbocycles. The van der Waals surface area contributed by atoms with Gasteiger partial charge in [0.25, 0.3) is 0 Å². The lowest BCUT2D eigenvalue weighted by atomic mass is 9.95. The highest BCUT2D eigenvalue weighted by molar-refractivity contribution is 5.89. The zero-order valence-electron chi connectivity index (χ0n) is 14.6. The van der Waals surface area contributed by atoms with Gasteiger partial charge in [-0.05, 0) is 20.3 Å². The van der Waals surface area contributed by atoms with Gasteiger partial charge in [0, 0.05) is 14.1 Å². The summed E-state index contributed by atoms with van der Waals surface area (Å²) >= 11 is 0. The van der Waals surface area contributed by atoms with Crippen molar-refractivity contribution in [2.75, 3.05) is 20.6 Å². The molecule has 0 heterocycles. The molecule has 0 aromatic heterocycles. The number of hydrogen-bond donors (Lipinski definition) is 3. The summed E-state index contributed by atoms with van der Waals surface area (Å²) in [5, 5.41) is 22.4. The van der Waals surface area contributed by atoms with Gasteiger partial charge in [0.15, 0.2) is 0 Å². The zero-order valence-corrected chi connectivity index (χ0v) is 14.6. The Balaban J connectivity index is 5.15. The van der Waals surface area contributed by atoms with E-state index in [1.807, 2.05) is 6.92 Å². The Kier molecular flexibility index (Phi) is 8.78. The van der Waals surface area contributed by atoms with Crippen LogP contribution in [0.15, 0.2) is 0 Å². The van der Waals surface area contributed by atoms with Crippen LogP contribution in [0.5, 0.6) is 0 Å². The van der Waals surface area contributed by atoms with Crippen LogP contribution in [-0.2, 0) is 14.4 Å². The number of likely N-dealkylation sites (N-methyl/N-ethyl adjacent to an activating group) is 1. The third-order valence-electron chi connectivity index (χ3n) is 3.49. The van der Waals surface area contributed by atoms with E-state index in [9.17, 15) is 24.7 Å². The van der Waals surface area contributed by atoms with E-state index >= 15 is 0 Å². The molecule has 3 amide bonds. The molecule has 0 aliphatic heterocycles. The lowest BCUT2D eigenvalue weighted by Gasteiger charge is -2.32. The number of carbonyl (C=O) groups excluding carboxylic acids is 3. The van der Waals surface area contributed by atoms with Gasteiger partial charge in [-0.25, -0.2) is 5.06 Å². The highest BCUT2D eigenvalue weighted by Gasteiger charge is 2.37. The predicted molar refractivity (Wildman–Crippen MR) is 84.5 cm³/mol. The van der Waals surface area contributed by atoms with Crippen LogP contribution >= 0.6 is 0 Å². The van der Waals surface area contributed by atoms with E-state index in [2.05, 4.69) is 5.32 Å². The van der Waals surface area contributed by atoms with Crippen LogP contribution < -0.4 is 5.32 Å². The molecule has 0 aromatic carbocycles. The van der Waals surface area contributed by atoms with E-state index in [0.717, 1.165) is 12.8 Å². The summed E-state index contributed by atoms with van der Waals surface area (Å²) in [6, 6.07) is -1.11. The monoisotopic (exact) mass is 331 g/mol. The molecule has 0 radical (unpaired) electrons. The largest absolute Gasteiger partial charge is 0.388 e. The van der Waals surface area contributed by atoms with Gasteiger partial charge in [-0.15, -0.1) is 0 Å². The molecule has 2 atom stereocenters. The van der Waals surface area contributed by atoms with Crippen molar-refractivity contribution in [2.24, 2.45) is 5.92 Å².